The fourth-order valence-corrected chi connectivity index (χ4v) is 2.96. The normalized spacial score (nSPS) is 18.9. The Morgan fingerprint density at radius 3 is 2.55 bits per heavy atom. The number of aromatic nitrogens is 2. The molecular weight excluding hydrogens is 248 g/mol. The predicted octanol–water partition coefficient (Wildman–Crippen LogP) is 3.62. The molecular formula is C16H28N4. The number of anilines is 2. The second kappa shape index (κ2) is 5.98. The van der Waals surface area contributed by atoms with Gasteiger partial charge in [-0.15, -0.1) is 0 Å². The van der Waals surface area contributed by atoms with Gasteiger partial charge in [-0.05, 0) is 44.9 Å². The molecule has 0 atom stereocenters. The van der Waals surface area contributed by atoms with E-state index in [1.54, 1.807) is 0 Å². The van der Waals surface area contributed by atoms with Gasteiger partial charge >= 0.3 is 0 Å². The number of nitrogens with zero attached hydrogens (tertiary/aromatic N) is 3. The van der Waals surface area contributed by atoms with E-state index in [0.29, 0.717) is 11.5 Å². The Hall–Kier alpha value is -1.32. The zero-order chi connectivity index (χ0) is 14.8. The van der Waals surface area contributed by atoms with Crippen LogP contribution in [0.25, 0.3) is 0 Å². The van der Waals surface area contributed by atoms with E-state index >= 15 is 0 Å². The molecule has 4 heteroatoms. The van der Waals surface area contributed by atoms with Crippen molar-refractivity contribution >= 4 is 11.6 Å². The van der Waals surface area contributed by atoms with Crippen LogP contribution in [0.4, 0.5) is 11.6 Å². The summed E-state index contributed by atoms with van der Waals surface area (Å²) in [4.78, 5) is 11.4. The average molecular weight is 276 g/mol. The molecule has 112 valence electrons. The molecule has 0 aliphatic heterocycles. The van der Waals surface area contributed by atoms with Gasteiger partial charge in [0.25, 0.3) is 0 Å². The standard InChI is InChI=1S/C16H28N4/c1-6-17-14-11-15(19-12(2)18-14)20(5)13-7-9-16(3,4)10-8-13/h11,13H,6-10H2,1-5H3,(H,17,18,19). The molecule has 1 aliphatic carbocycles. The first kappa shape index (κ1) is 15.1. The lowest BCUT2D eigenvalue weighted by atomic mass is 9.75. The highest BCUT2D eigenvalue weighted by atomic mass is 15.2. The summed E-state index contributed by atoms with van der Waals surface area (Å²) < 4.78 is 0. The van der Waals surface area contributed by atoms with Crippen molar-refractivity contribution in [3.8, 4) is 0 Å². The minimum absolute atomic E-state index is 0.508. The summed E-state index contributed by atoms with van der Waals surface area (Å²) in [7, 11) is 2.17. The van der Waals surface area contributed by atoms with Gasteiger partial charge in [0.15, 0.2) is 0 Å². The number of aryl methyl sites for hydroxylation is 1. The molecule has 1 aliphatic rings. The lowest BCUT2D eigenvalue weighted by Gasteiger charge is -2.39. The van der Waals surface area contributed by atoms with Gasteiger partial charge in [-0.1, -0.05) is 13.8 Å². The molecule has 1 fully saturated rings. The quantitative estimate of drug-likeness (QED) is 0.912. The van der Waals surface area contributed by atoms with Crippen LogP contribution in [0.2, 0.25) is 0 Å². The van der Waals surface area contributed by atoms with Crippen LogP contribution in [-0.4, -0.2) is 29.6 Å². The second-order valence-electron chi connectivity index (χ2n) is 6.70. The molecule has 0 saturated heterocycles. The van der Waals surface area contributed by atoms with E-state index in [9.17, 15) is 0 Å². The van der Waals surface area contributed by atoms with E-state index in [1.165, 1.54) is 25.7 Å². The molecule has 1 N–H and O–H groups in total. The van der Waals surface area contributed by atoms with Crippen molar-refractivity contribution in [1.82, 2.24) is 9.97 Å². The van der Waals surface area contributed by atoms with Crippen LogP contribution in [-0.2, 0) is 0 Å². The third-order valence-electron chi connectivity index (χ3n) is 4.40. The van der Waals surface area contributed by atoms with Crippen molar-refractivity contribution in [3.63, 3.8) is 0 Å². The van der Waals surface area contributed by atoms with E-state index < -0.39 is 0 Å². The third-order valence-corrected chi connectivity index (χ3v) is 4.40. The van der Waals surface area contributed by atoms with Crippen molar-refractivity contribution < 1.29 is 0 Å². The first-order valence-corrected chi connectivity index (χ1v) is 7.74. The lowest BCUT2D eigenvalue weighted by Crippen LogP contribution is -2.37. The highest BCUT2D eigenvalue weighted by Gasteiger charge is 2.29. The number of hydrogen-bond acceptors (Lipinski definition) is 4. The van der Waals surface area contributed by atoms with Gasteiger partial charge in [-0.3, -0.25) is 0 Å². The van der Waals surface area contributed by atoms with Gasteiger partial charge in [0.1, 0.15) is 17.5 Å². The Morgan fingerprint density at radius 1 is 1.30 bits per heavy atom. The number of hydrogen-bond donors (Lipinski definition) is 1. The Balaban J connectivity index is 2.11. The fraction of sp³-hybridized carbons (Fsp3) is 0.750. The molecule has 0 amide bonds. The fourth-order valence-electron chi connectivity index (χ4n) is 2.96. The highest BCUT2D eigenvalue weighted by molar-refractivity contribution is 5.49. The Labute approximate surface area is 123 Å². The van der Waals surface area contributed by atoms with Gasteiger partial charge in [0.2, 0.25) is 0 Å². The summed E-state index contributed by atoms with van der Waals surface area (Å²) in [6.45, 7) is 9.69. The zero-order valence-corrected chi connectivity index (χ0v) is 13.5. The van der Waals surface area contributed by atoms with E-state index in [0.717, 1.165) is 24.0 Å². The molecule has 4 nitrogen and oxygen atoms in total. The van der Waals surface area contributed by atoms with Crippen LogP contribution in [0.15, 0.2) is 6.07 Å². The molecule has 1 heterocycles. The molecule has 0 bridgehead atoms. The maximum Gasteiger partial charge on any atom is 0.134 e. The van der Waals surface area contributed by atoms with Crippen molar-refractivity contribution in [1.29, 1.82) is 0 Å². The van der Waals surface area contributed by atoms with Crippen LogP contribution in [0.5, 0.6) is 0 Å². The van der Waals surface area contributed by atoms with Gasteiger partial charge in [-0.2, -0.15) is 0 Å². The molecule has 0 spiro atoms. The maximum atomic E-state index is 4.60. The Morgan fingerprint density at radius 2 is 1.95 bits per heavy atom. The molecule has 1 aromatic rings. The van der Waals surface area contributed by atoms with Gasteiger partial charge < -0.3 is 10.2 Å². The van der Waals surface area contributed by atoms with Crippen molar-refractivity contribution in [2.45, 2.75) is 59.4 Å². The molecule has 1 aromatic heterocycles. The molecule has 0 unspecified atom stereocenters. The first-order chi connectivity index (χ1) is 9.41. The molecule has 20 heavy (non-hydrogen) atoms. The van der Waals surface area contributed by atoms with Gasteiger partial charge in [-0.25, -0.2) is 9.97 Å². The smallest absolute Gasteiger partial charge is 0.134 e. The van der Waals surface area contributed by atoms with Crippen LogP contribution in [0.3, 0.4) is 0 Å². The summed E-state index contributed by atoms with van der Waals surface area (Å²) in [5, 5.41) is 3.28. The lowest BCUT2D eigenvalue weighted by molar-refractivity contribution is 0.222. The Kier molecular flexibility index (Phi) is 4.51. The van der Waals surface area contributed by atoms with Gasteiger partial charge in [0.05, 0.1) is 0 Å². The summed E-state index contributed by atoms with van der Waals surface area (Å²) >= 11 is 0. The minimum atomic E-state index is 0.508. The second-order valence-corrected chi connectivity index (χ2v) is 6.70. The number of nitrogens with one attached hydrogen (secondary N) is 1. The molecule has 0 radical (unpaired) electrons. The molecule has 2 rings (SSSR count). The van der Waals surface area contributed by atoms with E-state index in [4.69, 9.17) is 0 Å². The number of rotatable bonds is 4. The average Bonchev–Trinajstić information content (AvgIpc) is 2.37. The highest BCUT2D eigenvalue weighted by Crippen LogP contribution is 2.37. The minimum Gasteiger partial charge on any atom is -0.370 e. The van der Waals surface area contributed by atoms with Crippen LogP contribution >= 0.6 is 0 Å². The van der Waals surface area contributed by atoms with Crippen LogP contribution in [0.1, 0.15) is 52.3 Å². The first-order valence-electron chi connectivity index (χ1n) is 7.74. The van der Waals surface area contributed by atoms with Crippen molar-refractivity contribution in [2.24, 2.45) is 5.41 Å². The van der Waals surface area contributed by atoms with E-state index in [-0.39, 0.29) is 0 Å². The predicted molar refractivity (Wildman–Crippen MR) is 85.4 cm³/mol. The molecule has 1 saturated carbocycles. The van der Waals surface area contributed by atoms with Crippen LogP contribution in [0, 0.1) is 12.3 Å². The zero-order valence-electron chi connectivity index (χ0n) is 13.5. The van der Waals surface area contributed by atoms with Crippen molar-refractivity contribution in [3.05, 3.63) is 11.9 Å². The summed E-state index contributed by atoms with van der Waals surface area (Å²) in [6.07, 6.45) is 5.10. The maximum absolute atomic E-state index is 4.60. The van der Waals surface area contributed by atoms with E-state index in [2.05, 4.69) is 54.1 Å². The summed E-state index contributed by atoms with van der Waals surface area (Å²) in [6, 6.07) is 2.67. The van der Waals surface area contributed by atoms with E-state index in [1.807, 2.05) is 6.92 Å². The topological polar surface area (TPSA) is 41.0 Å². The SMILES string of the molecule is CCNc1cc(N(C)C2CCC(C)(C)CC2)nc(C)n1. The molecule has 0 aromatic carbocycles. The summed E-state index contributed by atoms with van der Waals surface area (Å²) in [5.41, 5.74) is 0.508. The monoisotopic (exact) mass is 276 g/mol. The van der Waals surface area contributed by atoms with Crippen LogP contribution < -0.4 is 10.2 Å². The van der Waals surface area contributed by atoms with Gasteiger partial charge in [0, 0.05) is 25.7 Å². The Bertz CT molecular complexity index is 446. The van der Waals surface area contributed by atoms with Crippen molar-refractivity contribution in [2.75, 3.05) is 23.8 Å². The third kappa shape index (κ3) is 3.62. The largest absolute Gasteiger partial charge is 0.370 e. The summed E-state index contributed by atoms with van der Waals surface area (Å²) in [5.74, 6) is 2.80.